The molecule has 0 bridgehead atoms. The van der Waals surface area contributed by atoms with E-state index in [4.69, 9.17) is 16.2 Å². The molecule has 0 radical (unpaired) electrons. The van der Waals surface area contributed by atoms with E-state index in [-0.39, 0.29) is 3.89 Å². The zero-order valence-corrected chi connectivity index (χ0v) is 8.79. The van der Waals surface area contributed by atoms with Gasteiger partial charge in [0, 0.05) is 17.2 Å². The molecule has 0 atom stereocenters. The second-order valence-corrected chi connectivity index (χ2v) is 5.29. The van der Waals surface area contributed by atoms with Gasteiger partial charge >= 0.3 is 10.3 Å². The average Bonchev–Trinajstić information content (AvgIpc) is 2.84. The highest BCUT2D eigenvalue weighted by molar-refractivity contribution is 7.85. The molecule has 4 nitrogen and oxygen atoms in total. The van der Waals surface area contributed by atoms with Crippen molar-refractivity contribution in [3.05, 3.63) is 29.3 Å². The molecule has 0 aromatic heterocycles. The van der Waals surface area contributed by atoms with Crippen molar-refractivity contribution in [2.75, 3.05) is 13.1 Å². The van der Waals surface area contributed by atoms with E-state index in [9.17, 15) is 8.42 Å². The summed E-state index contributed by atoms with van der Waals surface area (Å²) in [6.45, 7) is 0.834. The number of halogens is 1. The lowest BCUT2D eigenvalue weighted by molar-refractivity contribution is 0.445. The number of hydrogen-bond donors (Lipinski definition) is 1. The van der Waals surface area contributed by atoms with Crippen LogP contribution in [0.3, 0.4) is 0 Å². The van der Waals surface area contributed by atoms with Crippen LogP contribution in [0.2, 0.25) is 5.02 Å². The highest BCUT2D eigenvalue weighted by atomic mass is 35.5. The minimum Gasteiger partial charge on any atom is -0.241 e. The van der Waals surface area contributed by atoms with Gasteiger partial charge in [0.25, 0.3) is 0 Å². The maximum atomic E-state index is 11.1. The smallest absolute Gasteiger partial charge is 0.241 e. The summed E-state index contributed by atoms with van der Waals surface area (Å²) in [5.74, 6) is 0. The van der Waals surface area contributed by atoms with Crippen LogP contribution in [-0.4, -0.2) is 26.1 Å². The van der Waals surface area contributed by atoms with Crippen LogP contribution in [0.5, 0.6) is 0 Å². The normalized spacial score (nSPS) is 19.3. The van der Waals surface area contributed by atoms with E-state index < -0.39 is 10.3 Å². The molecule has 1 fully saturated rings. The first-order valence-electron chi connectivity index (χ1n) is 4.06. The first kappa shape index (κ1) is 9.92. The maximum absolute atomic E-state index is 11.1. The zero-order chi connectivity index (χ0) is 10.4. The summed E-state index contributed by atoms with van der Waals surface area (Å²) in [5.41, 5.74) is 0.553. The Balaban J connectivity index is 2.46. The molecule has 0 saturated carbocycles. The Kier molecular flexibility index (Phi) is 2.08. The van der Waals surface area contributed by atoms with E-state index in [1.54, 1.807) is 24.3 Å². The molecule has 76 valence electrons. The number of rotatable bonds is 2. The van der Waals surface area contributed by atoms with Crippen molar-refractivity contribution in [3.63, 3.8) is 0 Å². The summed E-state index contributed by atoms with van der Waals surface area (Å²) in [6, 6.07) is 6.45. The Morgan fingerprint density at radius 3 is 2.07 bits per heavy atom. The molecule has 14 heavy (non-hydrogen) atoms. The first-order chi connectivity index (χ1) is 6.46. The van der Waals surface area contributed by atoms with Gasteiger partial charge in [-0.25, -0.2) is 4.55 Å². The fraction of sp³-hybridized carbons (Fsp3) is 0.250. The summed E-state index contributed by atoms with van der Waals surface area (Å²) in [5, 5.41) is 0.545. The van der Waals surface area contributed by atoms with Crippen molar-refractivity contribution in [1.29, 1.82) is 0 Å². The molecule has 1 N–H and O–H groups in total. The Morgan fingerprint density at radius 2 is 1.71 bits per heavy atom. The SMILES string of the molecule is O=S(=O)(O)[N+]1(c2ccc(Cl)cc2)CC1. The molecule has 6 heteroatoms. The fourth-order valence-electron chi connectivity index (χ4n) is 1.43. The van der Waals surface area contributed by atoms with Crippen molar-refractivity contribution in [3.8, 4) is 0 Å². The second kappa shape index (κ2) is 2.93. The predicted octanol–water partition coefficient (Wildman–Crippen LogP) is 1.46. The summed E-state index contributed by atoms with van der Waals surface area (Å²) in [4.78, 5) is 0. The number of nitrogens with zero attached hydrogens (tertiary/aromatic N) is 1. The average molecular weight is 235 g/mol. The van der Waals surface area contributed by atoms with Crippen LogP contribution in [0.1, 0.15) is 0 Å². The van der Waals surface area contributed by atoms with Crippen LogP contribution in [0, 0.1) is 0 Å². The second-order valence-electron chi connectivity index (χ2n) is 3.26. The lowest BCUT2D eigenvalue weighted by atomic mass is 10.3. The van der Waals surface area contributed by atoms with Crippen molar-refractivity contribution in [2.45, 2.75) is 0 Å². The van der Waals surface area contributed by atoms with Crippen molar-refractivity contribution in [2.24, 2.45) is 0 Å². The Morgan fingerprint density at radius 1 is 1.21 bits per heavy atom. The fourth-order valence-corrected chi connectivity index (χ4v) is 2.48. The predicted molar refractivity (Wildman–Crippen MR) is 54.5 cm³/mol. The molecule has 1 aromatic rings. The molecular formula is C8H9ClNO3S+. The van der Waals surface area contributed by atoms with E-state index in [2.05, 4.69) is 0 Å². The molecule has 1 aliphatic rings. The topological polar surface area (TPSA) is 54.4 Å². The molecule has 1 heterocycles. The minimum absolute atomic E-state index is 0.371. The van der Waals surface area contributed by atoms with Gasteiger partial charge in [0.1, 0.15) is 0 Å². The highest BCUT2D eigenvalue weighted by Crippen LogP contribution is 2.36. The molecule has 1 aliphatic heterocycles. The van der Waals surface area contributed by atoms with Gasteiger partial charge in [0.15, 0.2) is 18.8 Å². The van der Waals surface area contributed by atoms with Gasteiger partial charge in [-0.05, 0) is 12.1 Å². The van der Waals surface area contributed by atoms with Gasteiger partial charge in [0.2, 0.25) is 0 Å². The zero-order valence-electron chi connectivity index (χ0n) is 7.22. The van der Waals surface area contributed by atoms with Gasteiger partial charge in [-0.15, -0.1) is 8.42 Å². The minimum atomic E-state index is -4.06. The first-order valence-corrected chi connectivity index (χ1v) is 5.84. The van der Waals surface area contributed by atoms with E-state index in [0.717, 1.165) is 0 Å². The monoisotopic (exact) mass is 234 g/mol. The third-order valence-electron chi connectivity index (χ3n) is 2.37. The molecule has 1 aromatic carbocycles. The highest BCUT2D eigenvalue weighted by Gasteiger charge is 2.56. The summed E-state index contributed by atoms with van der Waals surface area (Å²) < 4.78 is 30.9. The van der Waals surface area contributed by atoms with E-state index >= 15 is 0 Å². The Hall–Kier alpha value is -0.620. The quantitative estimate of drug-likeness (QED) is 0.479. The molecule has 0 amide bonds. The third-order valence-corrected chi connectivity index (χ3v) is 4.08. The van der Waals surface area contributed by atoms with Crippen molar-refractivity contribution >= 4 is 27.6 Å². The van der Waals surface area contributed by atoms with Crippen molar-refractivity contribution in [1.82, 2.24) is 3.89 Å². The van der Waals surface area contributed by atoms with Crippen LogP contribution in [-0.2, 0) is 10.3 Å². The number of benzene rings is 1. The largest absolute Gasteiger partial charge is 0.438 e. The van der Waals surface area contributed by atoms with Crippen LogP contribution in [0.4, 0.5) is 5.69 Å². The molecule has 0 spiro atoms. The summed E-state index contributed by atoms with van der Waals surface area (Å²) in [7, 11) is -4.06. The number of hydrogen-bond acceptors (Lipinski definition) is 2. The molecule has 0 unspecified atom stereocenters. The standard InChI is InChI=1S/C8H8ClNO3S/c9-7-1-3-8(4-2-7)10(5-6-10)14(11,12)13/h1-4H,5-6H2/p+1. The lowest BCUT2D eigenvalue weighted by Gasteiger charge is -2.12. The van der Waals surface area contributed by atoms with E-state index in [1.807, 2.05) is 0 Å². The van der Waals surface area contributed by atoms with Gasteiger partial charge < -0.3 is 0 Å². The van der Waals surface area contributed by atoms with Crippen LogP contribution < -0.4 is 3.89 Å². The van der Waals surface area contributed by atoms with E-state index in [0.29, 0.717) is 23.8 Å². The van der Waals surface area contributed by atoms with Gasteiger partial charge in [0.05, 0.1) is 0 Å². The van der Waals surface area contributed by atoms with Gasteiger partial charge in [-0.1, -0.05) is 11.6 Å². The van der Waals surface area contributed by atoms with Crippen LogP contribution in [0.15, 0.2) is 24.3 Å². The Bertz CT molecular complexity index is 450. The summed E-state index contributed by atoms with van der Waals surface area (Å²) in [6.07, 6.45) is 0. The van der Waals surface area contributed by atoms with Gasteiger partial charge in [-0.3, -0.25) is 0 Å². The van der Waals surface area contributed by atoms with Crippen LogP contribution >= 0.6 is 11.6 Å². The lowest BCUT2D eigenvalue weighted by Crippen LogP contribution is -2.33. The Labute approximate surface area is 87.2 Å². The molecule has 2 rings (SSSR count). The third kappa shape index (κ3) is 1.42. The van der Waals surface area contributed by atoms with Gasteiger partial charge in [-0.2, -0.15) is 3.89 Å². The van der Waals surface area contributed by atoms with E-state index in [1.165, 1.54) is 0 Å². The maximum Gasteiger partial charge on any atom is 0.438 e. The van der Waals surface area contributed by atoms with Crippen molar-refractivity contribution < 1.29 is 13.0 Å². The molecule has 0 aliphatic carbocycles. The van der Waals surface area contributed by atoms with Crippen LogP contribution in [0.25, 0.3) is 0 Å². The molecule has 1 saturated heterocycles. The molecular weight excluding hydrogens is 226 g/mol. The summed E-state index contributed by atoms with van der Waals surface area (Å²) >= 11 is 5.68. The number of quaternary nitrogens is 1.